The standard InChI is InChI=1S/C29H29N5OS/c1-18-12-13-22(14-23(18)28-30-15-25(32-28)21-8-5-4-6-9-21)31-24-10-7-11-26-27(24)33-29(36-26)34-16-19(2)35-20(3)17-34/h4-15,19-20,31H,16-17H2,1-3H3,(H,30,32). The summed E-state index contributed by atoms with van der Waals surface area (Å²) in [6, 6.07) is 23.0. The number of hydrogen-bond acceptors (Lipinski definition) is 6. The molecule has 1 saturated heterocycles. The molecule has 0 bridgehead atoms. The van der Waals surface area contributed by atoms with Crippen LogP contribution in [0.1, 0.15) is 19.4 Å². The quantitative estimate of drug-likeness (QED) is 0.274. The van der Waals surface area contributed by atoms with E-state index in [0.717, 1.165) is 57.8 Å². The number of fused-ring (bicyclic) bond motifs is 1. The molecule has 182 valence electrons. The first-order chi connectivity index (χ1) is 17.5. The van der Waals surface area contributed by atoms with Gasteiger partial charge in [0.25, 0.3) is 0 Å². The zero-order valence-electron chi connectivity index (χ0n) is 20.7. The van der Waals surface area contributed by atoms with Crippen molar-refractivity contribution >= 4 is 38.1 Å². The van der Waals surface area contributed by atoms with Crippen molar-refractivity contribution in [2.45, 2.75) is 33.0 Å². The molecule has 3 heterocycles. The van der Waals surface area contributed by atoms with Crippen molar-refractivity contribution in [3.05, 3.63) is 78.5 Å². The number of aromatic nitrogens is 3. The summed E-state index contributed by atoms with van der Waals surface area (Å²) in [6.45, 7) is 8.09. The molecule has 2 unspecified atom stereocenters. The molecule has 2 N–H and O–H groups in total. The van der Waals surface area contributed by atoms with Gasteiger partial charge in [-0.1, -0.05) is 53.8 Å². The first-order valence-electron chi connectivity index (χ1n) is 12.3. The zero-order valence-corrected chi connectivity index (χ0v) is 21.5. The Kier molecular flexibility index (Phi) is 5.95. The zero-order chi connectivity index (χ0) is 24.6. The van der Waals surface area contributed by atoms with Gasteiger partial charge in [0.15, 0.2) is 5.13 Å². The van der Waals surface area contributed by atoms with Gasteiger partial charge in [0.1, 0.15) is 11.3 Å². The van der Waals surface area contributed by atoms with Gasteiger partial charge in [-0.2, -0.15) is 0 Å². The van der Waals surface area contributed by atoms with Crippen LogP contribution in [-0.2, 0) is 4.74 Å². The lowest BCUT2D eigenvalue weighted by molar-refractivity contribution is -0.00521. The first kappa shape index (κ1) is 22.8. The monoisotopic (exact) mass is 495 g/mol. The lowest BCUT2D eigenvalue weighted by atomic mass is 10.1. The summed E-state index contributed by atoms with van der Waals surface area (Å²) in [6.07, 6.45) is 2.30. The molecule has 3 aromatic carbocycles. The van der Waals surface area contributed by atoms with Crippen LogP contribution in [0.25, 0.3) is 32.9 Å². The number of hydrogen-bond donors (Lipinski definition) is 2. The lowest BCUT2D eigenvalue weighted by Crippen LogP contribution is -2.45. The topological polar surface area (TPSA) is 66.1 Å². The van der Waals surface area contributed by atoms with E-state index >= 15 is 0 Å². The van der Waals surface area contributed by atoms with Crippen LogP contribution in [0.5, 0.6) is 0 Å². The van der Waals surface area contributed by atoms with Crippen molar-refractivity contribution in [3.8, 4) is 22.6 Å². The molecule has 6 nitrogen and oxygen atoms in total. The van der Waals surface area contributed by atoms with Crippen LogP contribution in [0.2, 0.25) is 0 Å². The van der Waals surface area contributed by atoms with Gasteiger partial charge in [0.05, 0.1) is 34.5 Å². The Bertz CT molecular complexity index is 1500. The average molecular weight is 496 g/mol. The highest BCUT2D eigenvalue weighted by Crippen LogP contribution is 2.36. The van der Waals surface area contributed by atoms with Crippen molar-refractivity contribution in [2.24, 2.45) is 0 Å². The molecule has 1 fully saturated rings. The van der Waals surface area contributed by atoms with Gasteiger partial charge in [-0.3, -0.25) is 0 Å². The number of rotatable bonds is 5. The fourth-order valence-electron chi connectivity index (χ4n) is 4.84. The number of ether oxygens (including phenoxy) is 1. The summed E-state index contributed by atoms with van der Waals surface area (Å²) in [7, 11) is 0. The van der Waals surface area contributed by atoms with Gasteiger partial charge in [-0.05, 0) is 56.2 Å². The fourth-order valence-corrected chi connectivity index (χ4v) is 5.85. The van der Waals surface area contributed by atoms with Crippen LogP contribution in [0, 0.1) is 6.92 Å². The SMILES string of the molecule is Cc1ccc(Nc2cccc3sc(N4CC(C)OC(C)C4)nc23)cc1-c1ncc(-c2ccccc2)[nH]1. The van der Waals surface area contributed by atoms with Gasteiger partial charge >= 0.3 is 0 Å². The van der Waals surface area contributed by atoms with Crippen molar-refractivity contribution < 1.29 is 4.74 Å². The maximum atomic E-state index is 5.91. The highest BCUT2D eigenvalue weighted by molar-refractivity contribution is 7.22. The van der Waals surface area contributed by atoms with E-state index in [9.17, 15) is 0 Å². The number of aromatic amines is 1. The van der Waals surface area contributed by atoms with Gasteiger partial charge in [-0.25, -0.2) is 9.97 Å². The Morgan fingerprint density at radius 1 is 1.00 bits per heavy atom. The van der Waals surface area contributed by atoms with E-state index < -0.39 is 0 Å². The minimum absolute atomic E-state index is 0.202. The maximum Gasteiger partial charge on any atom is 0.186 e. The van der Waals surface area contributed by atoms with E-state index in [4.69, 9.17) is 9.72 Å². The second-order valence-electron chi connectivity index (χ2n) is 9.48. The van der Waals surface area contributed by atoms with Crippen molar-refractivity contribution in [1.29, 1.82) is 0 Å². The predicted molar refractivity (Wildman–Crippen MR) is 149 cm³/mol. The normalized spacial score (nSPS) is 18.0. The molecule has 5 aromatic rings. The molecule has 0 amide bonds. The van der Waals surface area contributed by atoms with E-state index in [0.29, 0.717) is 0 Å². The van der Waals surface area contributed by atoms with E-state index in [2.05, 4.69) is 89.5 Å². The van der Waals surface area contributed by atoms with Crippen LogP contribution in [0.3, 0.4) is 0 Å². The number of nitrogens with one attached hydrogen (secondary N) is 2. The summed E-state index contributed by atoms with van der Waals surface area (Å²) in [5.41, 5.74) is 7.38. The third-order valence-electron chi connectivity index (χ3n) is 6.53. The summed E-state index contributed by atoms with van der Waals surface area (Å²) in [5.74, 6) is 0.861. The molecule has 7 heteroatoms. The Labute approximate surface area is 215 Å². The number of para-hydroxylation sites is 1. The Morgan fingerprint density at radius 2 is 1.81 bits per heavy atom. The fraction of sp³-hybridized carbons (Fsp3) is 0.241. The molecule has 0 radical (unpaired) electrons. The molecule has 6 rings (SSSR count). The number of morpholine rings is 1. The first-order valence-corrected chi connectivity index (χ1v) is 13.1. The highest BCUT2D eigenvalue weighted by Gasteiger charge is 2.25. The molecule has 0 saturated carbocycles. The molecule has 2 aromatic heterocycles. The van der Waals surface area contributed by atoms with Crippen LogP contribution < -0.4 is 10.2 Å². The second-order valence-corrected chi connectivity index (χ2v) is 10.5. The third-order valence-corrected chi connectivity index (χ3v) is 7.61. The minimum atomic E-state index is 0.202. The summed E-state index contributed by atoms with van der Waals surface area (Å²) in [5, 5.41) is 4.67. The van der Waals surface area contributed by atoms with E-state index in [-0.39, 0.29) is 12.2 Å². The van der Waals surface area contributed by atoms with Crippen LogP contribution in [0.4, 0.5) is 16.5 Å². The van der Waals surface area contributed by atoms with Gasteiger partial charge in [-0.15, -0.1) is 0 Å². The highest BCUT2D eigenvalue weighted by atomic mass is 32.1. The van der Waals surface area contributed by atoms with E-state index in [1.165, 1.54) is 10.3 Å². The number of benzene rings is 3. The van der Waals surface area contributed by atoms with E-state index in [1.807, 2.05) is 24.4 Å². The molecule has 0 spiro atoms. The maximum absolute atomic E-state index is 5.91. The van der Waals surface area contributed by atoms with Crippen molar-refractivity contribution in [3.63, 3.8) is 0 Å². The Morgan fingerprint density at radius 3 is 2.61 bits per heavy atom. The number of aryl methyl sites for hydroxylation is 1. The van der Waals surface area contributed by atoms with E-state index in [1.54, 1.807) is 11.3 Å². The lowest BCUT2D eigenvalue weighted by Gasteiger charge is -2.35. The summed E-state index contributed by atoms with van der Waals surface area (Å²) >= 11 is 1.74. The summed E-state index contributed by atoms with van der Waals surface area (Å²) < 4.78 is 7.09. The van der Waals surface area contributed by atoms with Crippen molar-refractivity contribution in [1.82, 2.24) is 15.0 Å². The number of imidazole rings is 1. The van der Waals surface area contributed by atoms with Crippen LogP contribution in [-0.4, -0.2) is 40.2 Å². The minimum Gasteiger partial charge on any atom is -0.372 e. The number of H-pyrrole nitrogens is 1. The number of anilines is 3. The second kappa shape index (κ2) is 9.41. The largest absolute Gasteiger partial charge is 0.372 e. The summed E-state index contributed by atoms with van der Waals surface area (Å²) in [4.78, 5) is 15.6. The molecule has 1 aliphatic heterocycles. The molecule has 0 aliphatic carbocycles. The number of thiazole rings is 1. The average Bonchev–Trinajstić information content (AvgIpc) is 3.54. The third kappa shape index (κ3) is 4.47. The molecule has 2 atom stereocenters. The van der Waals surface area contributed by atoms with Crippen molar-refractivity contribution in [2.75, 3.05) is 23.3 Å². The number of nitrogens with zero attached hydrogens (tertiary/aromatic N) is 3. The van der Waals surface area contributed by atoms with Crippen LogP contribution in [0.15, 0.2) is 72.9 Å². The predicted octanol–water partition coefficient (Wildman–Crippen LogP) is 7.02. The van der Waals surface area contributed by atoms with Gasteiger partial charge in [0, 0.05) is 24.3 Å². The Hall–Kier alpha value is -3.68. The van der Waals surface area contributed by atoms with Gasteiger partial charge in [0.2, 0.25) is 0 Å². The molecule has 1 aliphatic rings. The molecule has 36 heavy (non-hydrogen) atoms. The smallest absolute Gasteiger partial charge is 0.186 e. The van der Waals surface area contributed by atoms with Crippen LogP contribution >= 0.6 is 11.3 Å². The van der Waals surface area contributed by atoms with Gasteiger partial charge < -0.3 is 19.9 Å². The molecular weight excluding hydrogens is 466 g/mol. The Balaban J connectivity index is 1.29. The molecular formula is C29H29N5OS.